The first-order chi connectivity index (χ1) is 15.6. The fraction of sp³-hybridized carbons (Fsp3) is 0.200. The molecule has 0 saturated carbocycles. The van der Waals surface area contributed by atoms with E-state index >= 15 is 0 Å². The lowest BCUT2D eigenvalue weighted by molar-refractivity contribution is -0.00265. The molecule has 2 heterocycles. The van der Waals surface area contributed by atoms with E-state index in [1.165, 1.54) is 0 Å². The molecule has 1 saturated heterocycles. The molecule has 2 aliphatic rings. The van der Waals surface area contributed by atoms with Gasteiger partial charge in [0.05, 0.1) is 29.4 Å². The van der Waals surface area contributed by atoms with E-state index in [9.17, 15) is 14.7 Å². The van der Waals surface area contributed by atoms with Gasteiger partial charge in [0.2, 0.25) is 0 Å². The lowest BCUT2D eigenvalue weighted by atomic mass is 9.72. The Labute approximate surface area is 191 Å². The number of likely N-dealkylation sites (tertiary alicyclic amines) is 1. The largest absolute Gasteiger partial charge is 0.394 e. The summed E-state index contributed by atoms with van der Waals surface area (Å²) in [6.07, 6.45) is 0. The number of nitrogens with one attached hydrogen (secondary N) is 1. The molecule has 2 aliphatic heterocycles. The van der Waals surface area contributed by atoms with Gasteiger partial charge in [-0.15, -0.1) is 0 Å². The number of carbonyl (C=O) groups is 2. The molecule has 3 aromatic carbocycles. The van der Waals surface area contributed by atoms with Crippen LogP contribution in [0.25, 0.3) is 0 Å². The van der Waals surface area contributed by atoms with Crippen LogP contribution < -0.4 is 10.2 Å². The van der Waals surface area contributed by atoms with Crippen LogP contribution in [0.1, 0.15) is 21.8 Å². The van der Waals surface area contributed by atoms with Crippen molar-refractivity contribution >= 4 is 34.9 Å². The van der Waals surface area contributed by atoms with E-state index in [1.807, 2.05) is 42.5 Å². The number of aliphatic hydroxyl groups excluding tert-OH is 1. The van der Waals surface area contributed by atoms with Gasteiger partial charge in [-0.05, 0) is 35.9 Å². The van der Waals surface area contributed by atoms with Crippen molar-refractivity contribution in [1.29, 1.82) is 0 Å². The van der Waals surface area contributed by atoms with Gasteiger partial charge in [-0.3, -0.25) is 4.79 Å². The maximum Gasteiger partial charge on any atom is 0.322 e. The standard InChI is InChI=1S/C25H22ClN3O3/c26-18-11-5-6-12-19(18)27-25(32)29-21-14-28(24(31)16-8-2-1-3-9-16)20-13-7-4-10-17(20)23(21)22(29)15-30/h1-13,21-23,30H,14-15H2,(H,27,32)/t21-,22+,23+/m1/s1. The Balaban J connectivity index is 1.48. The molecule has 0 spiro atoms. The molecule has 32 heavy (non-hydrogen) atoms. The topological polar surface area (TPSA) is 72.9 Å². The number of rotatable bonds is 3. The first-order valence-electron chi connectivity index (χ1n) is 10.5. The number of carbonyl (C=O) groups excluding carboxylic acids is 2. The van der Waals surface area contributed by atoms with Crippen LogP contribution >= 0.6 is 11.6 Å². The zero-order chi connectivity index (χ0) is 22.2. The van der Waals surface area contributed by atoms with Crippen LogP contribution in [0.3, 0.4) is 0 Å². The van der Waals surface area contributed by atoms with Crippen LogP contribution in [0.4, 0.5) is 16.2 Å². The van der Waals surface area contributed by atoms with Gasteiger partial charge in [0.15, 0.2) is 0 Å². The summed E-state index contributed by atoms with van der Waals surface area (Å²) in [5.74, 6) is -0.163. The van der Waals surface area contributed by atoms with Crippen LogP contribution in [0, 0.1) is 0 Å². The van der Waals surface area contributed by atoms with E-state index in [0.29, 0.717) is 22.8 Å². The summed E-state index contributed by atoms with van der Waals surface area (Å²) in [6, 6.07) is 22.9. The van der Waals surface area contributed by atoms with Crippen molar-refractivity contribution in [2.24, 2.45) is 0 Å². The second-order valence-electron chi connectivity index (χ2n) is 8.00. The second-order valence-corrected chi connectivity index (χ2v) is 8.41. The molecule has 0 aromatic heterocycles. The molecule has 0 aliphatic carbocycles. The van der Waals surface area contributed by atoms with E-state index in [-0.39, 0.29) is 36.5 Å². The molecular formula is C25H22ClN3O3. The summed E-state index contributed by atoms with van der Waals surface area (Å²) >= 11 is 6.21. The lowest BCUT2D eigenvalue weighted by Crippen LogP contribution is -2.71. The molecule has 3 amide bonds. The minimum Gasteiger partial charge on any atom is -0.394 e. The van der Waals surface area contributed by atoms with Gasteiger partial charge in [0.25, 0.3) is 5.91 Å². The van der Waals surface area contributed by atoms with Crippen LogP contribution in [-0.2, 0) is 0 Å². The number of nitrogens with zero attached hydrogens (tertiary/aromatic N) is 2. The molecular weight excluding hydrogens is 426 g/mol. The van der Waals surface area contributed by atoms with Gasteiger partial charge in [-0.25, -0.2) is 4.79 Å². The number of aliphatic hydroxyl groups is 1. The van der Waals surface area contributed by atoms with E-state index in [2.05, 4.69) is 5.32 Å². The van der Waals surface area contributed by atoms with Crippen molar-refractivity contribution in [3.63, 3.8) is 0 Å². The summed E-state index contributed by atoms with van der Waals surface area (Å²) in [5.41, 5.74) is 2.89. The zero-order valence-electron chi connectivity index (χ0n) is 17.2. The second kappa shape index (κ2) is 8.30. The quantitative estimate of drug-likeness (QED) is 0.626. The predicted molar refractivity (Wildman–Crippen MR) is 124 cm³/mol. The smallest absolute Gasteiger partial charge is 0.322 e. The molecule has 0 bridgehead atoms. The number of fused-ring (bicyclic) bond motifs is 3. The number of halogens is 1. The van der Waals surface area contributed by atoms with E-state index in [1.54, 1.807) is 46.2 Å². The third-order valence-corrected chi connectivity index (χ3v) is 6.63. The van der Waals surface area contributed by atoms with Gasteiger partial charge in [-0.2, -0.15) is 0 Å². The maximum atomic E-state index is 13.3. The fourth-order valence-electron chi connectivity index (χ4n) is 4.84. The zero-order valence-corrected chi connectivity index (χ0v) is 17.9. The Morgan fingerprint density at radius 3 is 2.41 bits per heavy atom. The Hall–Kier alpha value is -3.35. The highest BCUT2D eigenvalue weighted by molar-refractivity contribution is 6.33. The van der Waals surface area contributed by atoms with Gasteiger partial charge in [0.1, 0.15) is 0 Å². The number of para-hydroxylation sites is 2. The fourth-order valence-corrected chi connectivity index (χ4v) is 5.02. The lowest BCUT2D eigenvalue weighted by Gasteiger charge is -2.58. The molecule has 3 aromatic rings. The van der Waals surface area contributed by atoms with Gasteiger partial charge < -0.3 is 20.2 Å². The number of urea groups is 1. The summed E-state index contributed by atoms with van der Waals surface area (Å²) in [5, 5.41) is 13.4. The summed E-state index contributed by atoms with van der Waals surface area (Å²) in [6.45, 7) is 0.180. The molecule has 5 rings (SSSR count). The SMILES string of the molecule is O=C(c1ccccc1)N1C[C@@H]2[C@H](c3ccccc31)[C@H](CO)N2C(=O)Nc1ccccc1Cl. The molecule has 162 valence electrons. The molecule has 7 heteroatoms. The third kappa shape index (κ3) is 3.32. The number of hydrogen-bond donors (Lipinski definition) is 2. The van der Waals surface area contributed by atoms with Crippen molar-refractivity contribution in [3.8, 4) is 0 Å². The first-order valence-corrected chi connectivity index (χ1v) is 10.9. The van der Waals surface area contributed by atoms with Gasteiger partial charge in [-0.1, -0.05) is 60.1 Å². The number of hydrogen-bond acceptors (Lipinski definition) is 3. The average molecular weight is 448 g/mol. The van der Waals surface area contributed by atoms with Gasteiger partial charge in [0, 0.05) is 23.7 Å². The molecule has 6 nitrogen and oxygen atoms in total. The predicted octanol–water partition coefficient (Wildman–Crippen LogP) is 4.36. The molecule has 0 unspecified atom stereocenters. The van der Waals surface area contributed by atoms with Crippen molar-refractivity contribution in [1.82, 2.24) is 4.90 Å². The van der Waals surface area contributed by atoms with Crippen molar-refractivity contribution in [2.45, 2.75) is 18.0 Å². The number of anilines is 2. The normalized spacial score (nSPS) is 21.2. The maximum absolute atomic E-state index is 13.3. The number of amides is 3. The average Bonchev–Trinajstić information content (AvgIpc) is 2.81. The third-order valence-electron chi connectivity index (χ3n) is 6.30. The van der Waals surface area contributed by atoms with Crippen molar-refractivity contribution in [3.05, 3.63) is 95.0 Å². The van der Waals surface area contributed by atoms with Crippen molar-refractivity contribution in [2.75, 3.05) is 23.4 Å². The van der Waals surface area contributed by atoms with Crippen LogP contribution in [-0.4, -0.2) is 47.2 Å². The first kappa shape index (κ1) is 20.5. The molecule has 0 radical (unpaired) electrons. The Bertz CT molecular complexity index is 1170. The van der Waals surface area contributed by atoms with Crippen molar-refractivity contribution < 1.29 is 14.7 Å². The Morgan fingerprint density at radius 2 is 1.66 bits per heavy atom. The minimum absolute atomic E-state index is 0.0481. The summed E-state index contributed by atoms with van der Waals surface area (Å²) in [4.78, 5) is 29.9. The minimum atomic E-state index is -0.377. The van der Waals surface area contributed by atoms with Crippen LogP contribution in [0.15, 0.2) is 78.9 Å². The van der Waals surface area contributed by atoms with E-state index in [4.69, 9.17) is 11.6 Å². The van der Waals surface area contributed by atoms with Crippen LogP contribution in [0.2, 0.25) is 5.02 Å². The molecule has 1 fully saturated rings. The monoisotopic (exact) mass is 447 g/mol. The molecule has 2 N–H and O–H groups in total. The highest BCUT2D eigenvalue weighted by atomic mass is 35.5. The van der Waals surface area contributed by atoms with E-state index < -0.39 is 0 Å². The van der Waals surface area contributed by atoms with E-state index in [0.717, 1.165) is 11.3 Å². The highest BCUT2D eigenvalue weighted by Crippen LogP contribution is 2.48. The summed E-state index contributed by atoms with van der Waals surface area (Å²) < 4.78 is 0. The Morgan fingerprint density at radius 1 is 0.969 bits per heavy atom. The number of benzene rings is 3. The summed E-state index contributed by atoms with van der Waals surface area (Å²) in [7, 11) is 0. The Kier molecular flexibility index (Phi) is 5.33. The van der Waals surface area contributed by atoms with Crippen LogP contribution in [0.5, 0.6) is 0 Å². The van der Waals surface area contributed by atoms with Gasteiger partial charge >= 0.3 is 6.03 Å². The highest BCUT2D eigenvalue weighted by Gasteiger charge is 2.55. The molecule has 3 atom stereocenters.